The average Bonchev–Trinajstić information content (AvgIpc) is 2.98. The number of fused-ring (bicyclic) bond motifs is 4. The van der Waals surface area contributed by atoms with Crippen LogP contribution in [0.5, 0.6) is 0 Å². The van der Waals surface area contributed by atoms with Crippen molar-refractivity contribution in [2.45, 2.75) is 26.2 Å². The molecule has 2 aromatic heterocycles. The predicted octanol–water partition coefficient (Wildman–Crippen LogP) is 9.48. The molecule has 1 aliphatic heterocycles. The van der Waals surface area contributed by atoms with E-state index in [2.05, 4.69) is 9.97 Å². The van der Waals surface area contributed by atoms with Crippen LogP contribution >= 0.6 is 0 Å². The zero-order valence-corrected chi connectivity index (χ0v) is 23.0. The van der Waals surface area contributed by atoms with E-state index in [1.165, 1.54) is 12.1 Å². The first-order chi connectivity index (χ1) is 20.9. The summed E-state index contributed by atoms with van der Waals surface area (Å²) in [4.78, 5) is 22.1. The van der Waals surface area contributed by atoms with Crippen LogP contribution in [0.1, 0.15) is 22.3 Å². The summed E-state index contributed by atoms with van der Waals surface area (Å²) < 4.78 is 81.9. The molecule has 0 spiro atoms. The third kappa shape index (κ3) is 4.62. The van der Waals surface area contributed by atoms with E-state index in [4.69, 9.17) is 9.97 Å². The summed E-state index contributed by atoms with van der Waals surface area (Å²) in [5, 5.41) is 0. The number of hydrogen-bond donors (Lipinski definition) is 0. The summed E-state index contributed by atoms with van der Waals surface area (Å²) in [6, 6.07) is 20.8. The molecule has 44 heavy (non-hydrogen) atoms. The van der Waals surface area contributed by atoms with Gasteiger partial charge in [0.2, 0.25) is 0 Å². The van der Waals surface area contributed by atoms with Crippen LogP contribution in [0.15, 0.2) is 84.9 Å². The number of rotatable bonds is 2. The molecule has 0 N–H and O–H groups in total. The van der Waals surface area contributed by atoms with Crippen molar-refractivity contribution in [3.8, 4) is 0 Å². The second-order valence-electron chi connectivity index (χ2n) is 10.5. The van der Waals surface area contributed by atoms with Gasteiger partial charge in [0.25, 0.3) is 0 Å². The third-order valence-electron chi connectivity index (χ3n) is 7.34. The normalized spacial score (nSPS) is 13.4. The zero-order valence-electron chi connectivity index (χ0n) is 23.0. The maximum Gasteiger partial charge on any atom is 0.416 e. The van der Waals surface area contributed by atoms with Gasteiger partial charge in [-0.05, 0) is 74.5 Å². The van der Waals surface area contributed by atoms with Crippen LogP contribution in [-0.4, -0.2) is 19.9 Å². The summed E-state index contributed by atoms with van der Waals surface area (Å²) in [6.07, 6.45) is -9.22. The molecule has 1 aliphatic rings. The summed E-state index contributed by atoms with van der Waals surface area (Å²) in [6.45, 7) is 3.80. The molecule has 0 radical (unpaired) electrons. The molecule has 0 fully saturated rings. The molecule has 0 aliphatic carbocycles. The van der Waals surface area contributed by atoms with Gasteiger partial charge in [0.15, 0.2) is 23.3 Å². The molecule has 0 saturated carbocycles. The SMILES string of the molecule is Cc1ccc(N2c3nc4ccc(C(F)(F)F)cc4nc3N(c3ccc(C)cc3)c3nc4cc(C(F)(F)F)ccc4nc32)cc1. The Morgan fingerprint density at radius 2 is 0.750 bits per heavy atom. The molecule has 0 amide bonds. The van der Waals surface area contributed by atoms with Gasteiger partial charge in [0, 0.05) is 11.4 Å². The minimum Gasteiger partial charge on any atom is -0.273 e. The molecule has 0 atom stereocenters. The Morgan fingerprint density at radius 3 is 1.07 bits per heavy atom. The van der Waals surface area contributed by atoms with E-state index in [-0.39, 0.29) is 45.3 Å². The van der Waals surface area contributed by atoms with E-state index in [1.807, 2.05) is 50.2 Å². The Balaban J connectivity index is 1.57. The molecule has 12 heteroatoms. The topological polar surface area (TPSA) is 58.0 Å². The smallest absolute Gasteiger partial charge is 0.273 e. The van der Waals surface area contributed by atoms with Gasteiger partial charge in [-0.3, -0.25) is 9.80 Å². The Hall–Kier alpha value is -5.26. The first-order valence-electron chi connectivity index (χ1n) is 13.4. The van der Waals surface area contributed by atoms with Crippen molar-refractivity contribution >= 4 is 56.7 Å². The highest BCUT2D eigenvalue weighted by Crippen LogP contribution is 2.52. The van der Waals surface area contributed by atoms with Crippen LogP contribution in [0.3, 0.4) is 0 Å². The second-order valence-corrected chi connectivity index (χ2v) is 10.5. The standard InChI is InChI=1S/C32H20F6N6/c1-17-3-9-21(10-4-17)43-27-29(41-25-15-19(31(33,34)35)7-13-23(25)39-27)44(22-11-5-18(2)6-12-22)30-28(43)40-24-14-8-20(32(36,37)38)16-26(24)42-30/h3-16H,1-2H3. The van der Waals surface area contributed by atoms with Gasteiger partial charge in [0.05, 0.1) is 33.2 Å². The quantitative estimate of drug-likeness (QED) is 0.184. The summed E-state index contributed by atoms with van der Waals surface area (Å²) in [5.41, 5.74) is 1.64. The van der Waals surface area contributed by atoms with Crippen LogP contribution in [0.2, 0.25) is 0 Å². The van der Waals surface area contributed by atoms with Crippen molar-refractivity contribution in [1.29, 1.82) is 0 Å². The maximum atomic E-state index is 13.6. The fraction of sp³-hybridized carbons (Fsp3) is 0.125. The van der Waals surface area contributed by atoms with E-state index in [1.54, 1.807) is 21.9 Å². The number of hydrogen-bond acceptors (Lipinski definition) is 6. The lowest BCUT2D eigenvalue weighted by molar-refractivity contribution is -0.138. The number of benzene rings is 4. The average molecular weight is 603 g/mol. The Kier molecular flexibility index (Phi) is 6.03. The van der Waals surface area contributed by atoms with Crippen molar-refractivity contribution in [2.24, 2.45) is 0 Å². The van der Waals surface area contributed by atoms with E-state index in [0.717, 1.165) is 35.4 Å². The number of aromatic nitrogens is 4. The van der Waals surface area contributed by atoms with Gasteiger partial charge in [-0.1, -0.05) is 35.4 Å². The third-order valence-corrected chi connectivity index (χ3v) is 7.34. The predicted molar refractivity (Wildman–Crippen MR) is 155 cm³/mol. The highest BCUT2D eigenvalue weighted by Gasteiger charge is 2.38. The van der Waals surface area contributed by atoms with Gasteiger partial charge in [-0.2, -0.15) is 26.3 Å². The number of halogens is 6. The number of anilines is 6. The van der Waals surface area contributed by atoms with Gasteiger partial charge in [-0.25, -0.2) is 19.9 Å². The molecule has 220 valence electrons. The highest BCUT2D eigenvalue weighted by atomic mass is 19.4. The Labute approximate surface area is 246 Å². The molecule has 6 aromatic rings. The lowest BCUT2D eigenvalue weighted by atomic mass is 10.1. The van der Waals surface area contributed by atoms with E-state index in [9.17, 15) is 26.3 Å². The molecule has 4 aromatic carbocycles. The van der Waals surface area contributed by atoms with Gasteiger partial charge in [0.1, 0.15) is 0 Å². The number of aryl methyl sites for hydroxylation is 2. The zero-order chi connectivity index (χ0) is 31.0. The highest BCUT2D eigenvalue weighted by molar-refractivity contribution is 6.00. The van der Waals surface area contributed by atoms with Crippen molar-refractivity contribution in [1.82, 2.24) is 19.9 Å². The van der Waals surface area contributed by atoms with Crippen molar-refractivity contribution in [3.05, 3.63) is 107 Å². The van der Waals surface area contributed by atoms with Crippen LogP contribution in [0.4, 0.5) is 61.0 Å². The maximum absolute atomic E-state index is 13.6. The van der Waals surface area contributed by atoms with Gasteiger partial charge < -0.3 is 0 Å². The lowest BCUT2D eigenvalue weighted by Gasteiger charge is -2.37. The molecule has 7 rings (SSSR count). The number of nitrogens with zero attached hydrogens (tertiary/aromatic N) is 6. The second kappa shape index (κ2) is 9.63. The first-order valence-corrected chi connectivity index (χ1v) is 13.4. The largest absolute Gasteiger partial charge is 0.416 e. The fourth-order valence-electron chi connectivity index (χ4n) is 5.10. The molecular weight excluding hydrogens is 582 g/mol. The monoisotopic (exact) mass is 602 g/mol. The molecule has 0 bridgehead atoms. The van der Waals surface area contributed by atoms with Crippen LogP contribution in [0, 0.1) is 13.8 Å². The lowest BCUT2D eigenvalue weighted by Crippen LogP contribution is -2.28. The first kappa shape index (κ1) is 27.6. The summed E-state index contributed by atoms with van der Waals surface area (Å²) in [7, 11) is 0. The molecule has 0 unspecified atom stereocenters. The van der Waals surface area contributed by atoms with E-state index < -0.39 is 23.5 Å². The van der Waals surface area contributed by atoms with Crippen LogP contribution < -0.4 is 9.80 Å². The Morgan fingerprint density at radius 1 is 0.432 bits per heavy atom. The van der Waals surface area contributed by atoms with E-state index >= 15 is 0 Å². The molecule has 0 saturated heterocycles. The fourth-order valence-corrected chi connectivity index (χ4v) is 5.10. The number of alkyl halides is 6. The minimum atomic E-state index is -4.61. The molecular formula is C32H20F6N6. The Bertz CT molecular complexity index is 1970. The van der Waals surface area contributed by atoms with Crippen molar-refractivity contribution in [2.75, 3.05) is 9.80 Å². The van der Waals surface area contributed by atoms with E-state index in [0.29, 0.717) is 11.4 Å². The van der Waals surface area contributed by atoms with Crippen molar-refractivity contribution < 1.29 is 26.3 Å². The van der Waals surface area contributed by atoms with Crippen LogP contribution in [0.25, 0.3) is 22.1 Å². The van der Waals surface area contributed by atoms with Crippen LogP contribution in [-0.2, 0) is 12.4 Å². The molecule has 6 nitrogen and oxygen atoms in total. The van der Waals surface area contributed by atoms with Gasteiger partial charge >= 0.3 is 12.4 Å². The summed E-state index contributed by atoms with van der Waals surface area (Å²) >= 11 is 0. The summed E-state index contributed by atoms with van der Waals surface area (Å²) in [5.74, 6) is 0.785. The van der Waals surface area contributed by atoms with Crippen molar-refractivity contribution in [3.63, 3.8) is 0 Å². The van der Waals surface area contributed by atoms with Gasteiger partial charge in [-0.15, -0.1) is 0 Å². The molecule has 3 heterocycles. The minimum absolute atomic E-state index is 0.0175.